The number of nitrogens with zero attached hydrogens (tertiary/aromatic N) is 2. The van der Waals surface area contributed by atoms with E-state index in [1.165, 1.54) is 18.2 Å². The molecule has 0 radical (unpaired) electrons. The van der Waals surface area contributed by atoms with Crippen LogP contribution in [0.2, 0.25) is 0 Å². The first-order chi connectivity index (χ1) is 16.9. The molecule has 0 saturated carbocycles. The van der Waals surface area contributed by atoms with Crippen molar-refractivity contribution in [3.63, 3.8) is 0 Å². The second-order valence-electron chi connectivity index (χ2n) is 7.81. The van der Waals surface area contributed by atoms with Crippen molar-refractivity contribution in [3.8, 4) is 11.5 Å². The van der Waals surface area contributed by atoms with Gasteiger partial charge in [0.2, 0.25) is 5.75 Å². The number of ether oxygens (including phenoxy) is 2. The second kappa shape index (κ2) is 10.1. The summed E-state index contributed by atoms with van der Waals surface area (Å²) in [5, 5.41) is 13.0. The summed E-state index contributed by atoms with van der Waals surface area (Å²) in [5.41, 5.74) is 4.70. The molecule has 1 N–H and O–H groups in total. The zero-order valence-corrected chi connectivity index (χ0v) is 19.2. The lowest BCUT2D eigenvalue weighted by atomic mass is 10.1. The quantitative estimate of drug-likeness (QED) is 0.225. The molecule has 4 rings (SSSR count). The Labute approximate surface area is 201 Å². The molecule has 0 aromatic heterocycles. The molecule has 2 amide bonds. The van der Waals surface area contributed by atoms with Crippen molar-refractivity contribution in [1.82, 2.24) is 5.43 Å². The molecule has 0 aliphatic carbocycles. The van der Waals surface area contributed by atoms with Crippen LogP contribution in [0.3, 0.4) is 0 Å². The van der Waals surface area contributed by atoms with E-state index < -0.39 is 16.7 Å². The number of para-hydroxylation sites is 1. The third-order valence-corrected chi connectivity index (χ3v) is 5.27. The zero-order valence-electron chi connectivity index (χ0n) is 19.2. The number of carbonyl (C=O) groups is 2. The Balaban J connectivity index is 1.68. The van der Waals surface area contributed by atoms with E-state index in [1.807, 2.05) is 31.2 Å². The van der Waals surface area contributed by atoms with Crippen LogP contribution in [0.15, 0.2) is 72.3 Å². The van der Waals surface area contributed by atoms with E-state index in [0.717, 1.165) is 16.1 Å². The van der Waals surface area contributed by atoms with Crippen LogP contribution in [-0.2, 0) is 16.2 Å². The number of hydrogen-bond donors (Lipinski definition) is 1. The SMILES string of the molecule is CCOc1cc(/C=C2/C(=O)NN(c3ccccc3)C2=O)cc([N+](=O)[O-])c1OCc1ccc(C)cc1. The first-order valence-corrected chi connectivity index (χ1v) is 10.9. The molecule has 9 heteroatoms. The molecule has 9 nitrogen and oxygen atoms in total. The van der Waals surface area contributed by atoms with E-state index >= 15 is 0 Å². The number of nitro groups is 1. The van der Waals surface area contributed by atoms with Crippen molar-refractivity contribution in [2.75, 3.05) is 11.6 Å². The summed E-state index contributed by atoms with van der Waals surface area (Å²) < 4.78 is 11.4. The molecule has 1 heterocycles. The monoisotopic (exact) mass is 473 g/mol. The number of rotatable bonds is 8. The van der Waals surface area contributed by atoms with Crippen LogP contribution in [0.1, 0.15) is 23.6 Å². The Bertz CT molecular complexity index is 1300. The smallest absolute Gasteiger partial charge is 0.315 e. The van der Waals surface area contributed by atoms with Crippen molar-refractivity contribution in [2.24, 2.45) is 0 Å². The molecule has 3 aromatic carbocycles. The first-order valence-electron chi connectivity index (χ1n) is 10.9. The summed E-state index contributed by atoms with van der Waals surface area (Å²) >= 11 is 0. The van der Waals surface area contributed by atoms with Crippen LogP contribution < -0.4 is 19.9 Å². The number of aryl methyl sites for hydroxylation is 1. The topological polar surface area (TPSA) is 111 Å². The van der Waals surface area contributed by atoms with Gasteiger partial charge in [0.05, 0.1) is 17.2 Å². The summed E-state index contributed by atoms with van der Waals surface area (Å²) in [6.45, 7) is 4.05. The predicted octanol–water partition coefficient (Wildman–Crippen LogP) is 4.34. The van der Waals surface area contributed by atoms with Gasteiger partial charge in [-0.05, 0) is 49.2 Å². The van der Waals surface area contributed by atoms with Crippen LogP contribution in [0.4, 0.5) is 11.4 Å². The zero-order chi connectivity index (χ0) is 24.9. The van der Waals surface area contributed by atoms with Crippen LogP contribution in [0.25, 0.3) is 6.08 Å². The highest BCUT2D eigenvalue weighted by Gasteiger charge is 2.34. The number of amides is 2. The van der Waals surface area contributed by atoms with Gasteiger partial charge in [-0.1, -0.05) is 48.0 Å². The lowest BCUT2D eigenvalue weighted by Gasteiger charge is -2.14. The Morgan fingerprint density at radius 1 is 1.03 bits per heavy atom. The maximum Gasteiger partial charge on any atom is 0.315 e. The highest BCUT2D eigenvalue weighted by molar-refractivity contribution is 6.31. The van der Waals surface area contributed by atoms with E-state index in [2.05, 4.69) is 5.43 Å². The third kappa shape index (κ3) is 5.14. The van der Waals surface area contributed by atoms with Gasteiger partial charge >= 0.3 is 5.69 Å². The fourth-order valence-electron chi connectivity index (χ4n) is 3.56. The highest BCUT2D eigenvalue weighted by Crippen LogP contribution is 2.40. The van der Waals surface area contributed by atoms with E-state index in [0.29, 0.717) is 5.69 Å². The molecule has 1 fully saturated rings. The van der Waals surface area contributed by atoms with Crippen LogP contribution in [0, 0.1) is 17.0 Å². The molecule has 0 atom stereocenters. The largest absolute Gasteiger partial charge is 0.490 e. The number of nitrogens with one attached hydrogen (secondary N) is 1. The molecule has 0 spiro atoms. The molecule has 178 valence electrons. The number of carbonyl (C=O) groups excluding carboxylic acids is 2. The van der Waals surface area contributed by atoms with Gasteiger partial charge in [0.1, 0.15) is 12.2 Å². The van der Waals surface area contributed by atoms with Crippen molar-refractivity contribution in [2.45, 2.75) is 20.5 Å². The number of nitro benzene ring substituents is 1. The highest BCUT2D eigenvalue weighted by atomic mass is 16.6. The fraction of sp³-hybridized carbons (Fsp3) is 0.154. The number of benzene rings is 3. The lowest BCUT2D eigenvalue weighted by Crippen LogP contribution is -2.35. The summed E-state index contributed by atoms with van der Waals surface area (Å²) in [6, 6.07) is 19.0. The maximum atomic E-state index is 12.9. The Kier molecular flexibility index (Phi) is 6.77. The number of hydrazine groups is 1. The van der Waals surface area contributed by atoms with Crippen LogP contribution >= 0.6 is 0 Å². The molecule has 1 aliphatic heterocycles. The number of anilines is 1. The second-order valence-corrected chi connectivity index (χ2v) is 7.81. The van der Waals surface area contributed by atoms with E-state index in [1.54, 1.807) is 37.3 Å². The van der Waals surface area contributed by atoms with Gasteiger partial charge in [-0.15, -0.1) is 0 Å². The van der Waals surface area contributed by atoms with E-state index in [9.17, 15) is 19.7 Å². The Morgan fingerprint density at radius 2 is 1.74 bits per heavy atom. The minimum atomic E-state index is -0.612. The van der Waals surface area contributed by atoms with Crippen molar-refractivity contribution < 1.29 is 24.0 Å². The van der Waals surface area contributed by atoms with Gasteiger partial charge in [-0.2, -0.15) is 0 Å². The average molecular weight is 473 g/mol. The molecule has 3 aromatic rings. The van der Waals surface area contributed by atoms with Crippen LogP contribution in [-0.4, -0.2) is 23.3 Å². The molecule has 0 unspecified atom stereocenters. The van der Waals surface area contributed by atoms with Gasteiger partial charge in [0.25, 0.3) is 11.8 Å². The van der Waals surface area contributed by atoms with Crippen molar-refractivity contribution >= 4 is 29.3 Å². The minimum absolute atomic E-state index is 0.0207. The van der Waals surface area contributed by atoms with E-state index in [4.69, 9.17) is 9.47 Å². The fourth-order valence-corrected chi connectivity index (χ4v) is 3.56. The third-order valence-electron chi connectivity index (χ3n) is 5.27. The molecular weight excluding hydrogens is 450 g/mol. The van der Waals surface area contributed by atoms with Gasteiger partial charge in [0.15, 0.2) is 5.75 Å². The standard InChI is InChI=1S/C26H23N3O6/c1-3-34-23-15-19(13-21-25(30)27-28(26(21)31)20-7-5-4-6-8-20)14-22(29(32)33)24(23)35-16-18-11-9-17(2)10-12-18/h4-15H,3,16H2,1-2H3,(H,27,30)/b21-13-. The summed E-state index contributed by atoms with van der Waals surface area (Å²) in [7, 11) is 0. The first kappa shape index (κ1) is 23.5. The minimum Gasteiger partial charge on any atom is -0.490 e. The Morgan fingerprint density at radius 3 is 2.40 bits per heavy atom. The van der Waals surface area contributed by atoms with Gasteiger partial charge in [0, 0.05) is 6.07 Å². The van der Waals surface area contributed by atoms with Gasteiger partial charge in [-0.25, -0.2) is 5.01 Å². The molecule has 1 saturated heterocycles. The molecule has 1 aliphatic rings. The predicted molar refractivity (Wildman–Crippen MR) is 130 cm³/mol. The van der Waals surface area contributed by atoms with Crippen LogP contribution in [0.5, 0.6) is 11.5 Å². The van der Waals surface area contributed by atoms with Crippen molar-refractivity contribution in [3.05, 3.63) is 99.1 Å². The molecule has 0 bridgehead atoms. The number of hydrogen-bond acceptors (Lipinski definition) is 6. The normalized spacial score (nSPS) is 14.2. The lowest BCUT2D eigenvalue weighted by molar-refractivity contribution is -0.386. The van der Waals surface area contributed by atoms with Gasteiger partial charge < -0.3 is 9.47 Å². The summed E-state index contributed by atoms with van der Waals surface area (Å²) in [6.07, 6.45) is 1.31. The maximum absolute atomic E-state index is 12.9. The summed E-state index contributed by atoms with van der Waals surface area (Å²) in [4.78, 5) is 36.7. The van der Waals surface area contributed by atoms with Crippen molar-refractivity contribution in [1.29, 1.82) is 0 Å². The Hall–Kier alpha value is -4.66. The van der Waals surface area contributed by atoms with Gasteiger partial charge in [-0.3, -0.25) is 25.1 Å². The molecular formula is C26H23N3O6. The van der Waals surface area contributed by atoms with E-state index in [-0.39, 0.29) is 41.5 Å². The molecule has 35 heavy (non-hydrogen) atoms. The average Bonchev–Trinajstić information content (AvgIpc) is 3.13. The summed E-state index contributed by atoms with van der Waals surface area (Å²) in [5.74, 6) is -1.06.